The normalized spacial score (nSPS) is 12.8. The molecule has 2 rings (SSSR count). The number of alkyl halides is 6. The number of benzene rings is 2. The molecule has 0 spiro atoms. The number of rotatable bonds is 8. The zero-order chi connectivity index (χ0) is 26.6. The van der Waals surface area contributed by atoms with Gasteiger partial charge in [-0.05, 0) is 48.2 Å². The van der Waals surface area contributed by atoms with Crippen LogP contribution in [0, 0.1) is 0 Å². The van der Waals surface area contributed by atoms with E-state index >= 15 is 0 Å². The van der Waals surface area contributed by atoms with Gasteiger partial charge in [0.05, 0.1) is 38.7 Å². The molecule has 0 saturated heterocycles. The topological polar surface area (TPSA) is 81.4 Å². The van der Waals surface area contributed by atoms with E-state index in [2.05, 4.69) is 10.1 Å². The highest BCUT2D eigenvalue weighted by Gasteiger charge is 2.41. The Kier molecular flexibility index (Phi) is 9.55. The van der Waals surface area contributed by atoms with Crippen LogP contribution in [-0.2, 0) is 17.3 Å². The predicted octanol–water partition coefficient (Wildman–Crippen LogP) is 6.77. The number of carbonyl (C=O) groups is 2. The number of amides is 2. The van der Waals surface area contributed by atoms with E-state index in [1.54, 1.807) is 0 Å². The van der Waals surface area contributed by atoms with Crippen molar-refractivity contribution >= 4 is 46.8 Å². The maximum Gasteiger partial charge on any atom is 0.417 e. The van der Waals surface area contributed by atoms with Crippen LogP contribution >= 0.6 is 34.8 Å². The number of nitrogens with two attached hydrogens (primary N) is 1. The molecule has 0 aromatic heterocycles. The molecule has 0 fully saturated rings. The number of primary amides is 1. The summed E-state index contributed by atoms with van der Waals surface area (Å²) in [5.74, 6) is -3.20. The van der Waals surface area contributed by atoms with E-state index in [-0.39, 0.29) is 39.3 Å². The minimum atomic E-state index is -4.97. The molecule has 35 heavy (non-hydrogen) atoms. The molecule has 0 aliphatic carbocycles. The molecule has 0 saturated carbocycles. The Morgan fingerprint density at radius 1 is 1.00 bits per heavy atom. The fourth-order valence-corrected chi connectivity index (χ4v) is 3.81. The van der Waals surface area contributed by atoms with Gasteiger partial charge in [-0.3, -0.25) is 4.79 Å². The fourth-order valence-electron chi connectivity index (χ4n) is 3.20. The summed E-state index contributed by atoms with van der Waals surface area (Å²) < 4.78 is 86.2. The third-order valence-corrected chi connectivity index (χ3v) is 5.99. The third kappa shape index (κ3) is 8.08. The number of aryl methyl sites for hydroxylation is 1. The lowest BCUT2D eigenvalue weighted by molar-refractivity contribution is -0.151. The maximum atomic E-state index is 13.7. The van der Waals surface area contributed by atoms with Crippen LogP contribution < -0.4 is 11.1 Å². The molecule has 0 aliphatic rings. The van der Waals surface area contributed by atoms with Gasteiger partial charge in [0.2, 0.25) is 0 Å². The largest absolute Gasteiger partial charge is 0.448 e. The van der Waals surface area contributed by atoms with Crippen molar-refractivity contribution in [3.63, 3.8) is 0 Å². The summed E-state index contributed by atoms with van der Waals surface area (Å²) in [6.45, 7) is -0.668. The molecule has 192 valence electrons. The Morgan fingerprint density at radius 3 is 2.11 bits per heavy atom. The molecule has 2 amide bonds. The van der Waals surface area contributed by atoms with E-state index in [0.717, 1.165) is 24.3 Å². The Morgan fingerprint density at radius 2 is 1.60 bits per heavy atom. The number of hydrogen-bond donors (Lipinski definition) is 2. The quantitative estimate of drug-likeness (QED) is 0.211. The van der Waals surface area contributed by atoms with Crippen molar-refractivity contribution < 1.29 is 40.7 Å². The molecular formula is C21H17Cl3F6N2O3. The average molecular weight is 566 g/mol. The second kappa shape index (κ2) is 11.6. The van der Waals surface area contributed by atoms with Gasteiger partial charge in [0.25, 0.3) is 5.91 Å². The van der Waals surface area contributed by atoms with Crippen molar-refractivity contribution in [1.82, 2.24) is 5.32 Å². The van der Waals surface area contributed by atoms with Gasteiger partial charge in [-0.25, -0.2) is 4.79 Å². The smallest absolute Gasteiger partial charge is 0.417 e. The van der Waals surface area contributed by atoms with E-state index in [9.17, 15) is 35.9 Å². The van der Waals surface area contributed by atoms with Gasteiger partial charge in [-0.2, -0.15) is 26.3 Å². The zero-order valence-electron chi connectivity index (χ0n) is 17.5. The van der Waals surface area contributed by atoms with Gasteiger partial charge in [0.1, 0.15) is 6.61 Å². The van der Waals surface area contributed by atoms with Crippen LogP contribution in [0.1, 0.15) is 39.4 Å². The Labute approximate surface area is 210 Å². The van der Waals surface area contributed by atoms with E-state index in [0.29, 0.717) is 6.07 Å². The summed E-state index contributed by atoms with van der Waals surface area (Å²) in [6, 6.07) is 4.61. The summed E-state index contributed by atoms with van der Waals surface area (Å²) in [7, 11) is 0. The monoisotopic (exact) mass is 564 g/mol. The highest BCUT2D eigenvalue weighted by Crippen LogP contribution is 2.42. The first-order valence-corrected chi connectivity index (χ1v) is 10.9. The summed E-state index contributed by atoms with van der Waals surface area (Å²) in [4.78, 5) is 22.7. The molecule has 1 atom stereocenters. The molecule has 0 aliphatic heterocycles. The minimum Gasteiger partial charge on any atom is -0.448 e. The highest BCUT2D eigenvalue weighted by atomic mass is 35.5. The number of nitrogens with one attached hydrogen (secondary N) is 1. The van der Waals surface area contributed by atoms with Crippen LogP contribution in [0.25, 0.3) is 0 Å². The molecule has 14 heteroatoms. The highest BCUT2D eigenvalue weighted by molar-refractivity contribution is 6.48. The molecule has 1 unspecified atom stereocenters. The van der Waals surface area contributed by atoms with Gasteiger partial charge in [0, 0.05) is 0 Å². The maximum absolute atomic E-state index is 13.7. The average Bonchev–Trinajstić information content (AvgIpc) is 2.73. The van der Waals surface area contributed by atoms with Gasteiger partial charge < -0.3 is 15.8 Å². The number of hydrogen-bond acceptors (Lipinski definition) is 3. The van der Waals surface area contributed by atoms with Gasteiger partial charge in [0.15, 0.2) is 0 Å². The van der Waals surface area contributed by atoms with Crippen LogP contribution in [0.15, 0.2) is 30.3 Å². The predicted molar refractivity (Wildman–Crippen MR) is 118 cm³/mol. The van der Waals surface area contributed by atoms with Crippen molar-refractivity contribution in [2.75, 3.05) is 13.2 Å². The van der Waals surface area contributed by atoms with E-state index in [1.165, 1.54) is 0 Å². The SMILES string of the molecule is NC(=O)OCCNC(=O)c1ccc(CCC(c2cc(Cl)c(Cl)c(Cl)c2)C(F)(F)F)cc1C(F)(F)F. The van der Waals surface area contributed by atoms with Crippen LogP contribution in [0.3, 0.4) is 0 Å². The number of ether oxygens (including phenoxy) is 1. The van der Waals surface area contributed by atoms with Crippen LogP contribution in [-0.4, -0.2) is 31.3 Å². The van der Waals surface area contributed by atoms with Crippen molar-refractivity contribution in [2.24, 2.45) is 5.73 Å². The van der Waals surface area contributed by atoms with Crippen molar-refractivity contribution in [3.05, 3.63) is 67.7 Å². The first-order valence-electron chi connectivity index (χ1n) is 9.73. The zero-order valence-corrected chi connectivity index (χ0v) is 19.8. The molecular weight excluding hydrogens is 549 g/mol. The number of carbonyl (C=O) groups excluding carboxylic acids is 2. The molecule has 0 heterocycles. The van der Waals surface area contributed by atoms with E-state index in [4.69, 9.17) is 40.5 Å². The standard InChI is InChI=1S/C21H17Cl3F6N2O3/c22-15-8-11(9-16(23)17(15)24)13(20(25,26)27)4-2-10-1-3-12(14(7-10)21(28,29)30)18(33)32-5-6-35-19(31)34/h1,3,7-9,13H,2,4-6H2,(H2,31,34)(H,32,33). The van der Waals surface area contributed by atoms with Crippen molar-refractivity contribution in [3.8, 4) is 0 Å². The lowest BCUT2D eigenvalue weighted by Crippen LogP contribution is -2.30. The Balaban J connectivity index is 2.27. The van der Waals surface area contributed by atoms with Gasteiger partial charge in [-0.1, -0.05) is 40.9 Å². The fraction of sp³-hybridized carbons (Fsp3) is 0.333. The minimum absolute atomic E-state index is 0.0775. The van der Waals surface area contributed by atoms with E-state index < -0.39 is 54.2 Å². The second-order valence-corrected chi connectivity index (χ2v) is 8.42. The van der Waals surface area contributed by atoms with Crippen LogP contribution in [0.5, 0.6) is 0 Å². The Hall–Kier alpha value is -2.37. The second-order valence-electron chi connectivity index (χ2n) is 7.23. The van der Waals surface area contributed by atoms with Crippen LogP contribution in [0.2, 0.25) is 15.1 Å². The summed E-state index contributed by atoms with van der Waals surface area (Å²) >= 11 is 17.4. The van der Waals surface area contributed by atoms with Crippen molar-refractivity contribution in [1.29, 1.82) is 0 Å². The third-order valence-electron chi connectivity index (χ3n) is 4.79. The molecule has 0 bridgehead atoms. The molecule has 2 aromatic carbocycles. The molecule has 0 radical (unpaired) electrons. The molecule has 5 nitrogen and oxygen atoms in total. The summed E-state index contributed by atoms with van der Waals surface area (Å²) in [5, 5.41) is 1.62. The molecule has 3 N–H and O–H groups in total. The summed E-state index contributed by atoms with van der Waals surface area (Å²) in [5.41, 5.74) is 2.30. The first kappa shape index (κ1) is 28.9. The van der Waals surface area contributed by atoms with E-state index in [1.807, 2.05) is 0 Å². The van der Waals surface area contributed by atoms with Gasteiger partial charge >= 0.3 is 18.4 Å². The summed E-state index contributed by atoms with van der Waals surface area (Å²) in [6.07, 6.45) is -11.9. The lowest BCUT2D eigenvalue weighted by atomic mass is 9.90. The van der Waals surface area contributed by atoms with Crippen LogP contribution in [0.4, 0.5) is 31.1 Å². The van der Waals surface area contributed by atoms with Crippen molar-refractivity contribution in [2.45, 2.75) is 31.1 Å². The molecule has 2 aromatic rings. The van der Waals surface area contributed by atoms with Gasteiger partial charge in [-0.15, -0.1) is 0 Å². The number of halogens is 9. The lowest BCUT2D eigenvalue weighted by Gasteiger charge is -2.22. The first-order chi connectivity index (χ1) is 16.1. The Bertz CT molecular complexity index is 1070.